The summed E-state index contributed by atoms with van der Waals surface area (Å²) in [6.45, 7) is 2.13. The van der Waals surface area contributed by atoms with Crippen molar-refractivity contribution in [3.63, 3.8) is 0 Å². The summed E-state index contributed by atoms with van der Waals surface area (Å²) in [5, 5.41) is 13.8. The van der Waals surface area contributed by atoms with Gasteiger partial charge in [-0.25, -0.2) is 9.18 Å². The van der Waals surface area contributed by atoms with Crippen molar-refractivity contribution in [3.8, 4) is 0 Å². The quantitative estimate of drug-likeness (QED) is 0.715. The van der Waals surface area contributed by atoms with Gasteiger partial charge < -0.3 is 15.7 Å². The molecule has 0 radical (unpaired) electrons. The molecule has 0 saturated heterocycles. The van der Waals surface area contributed by atoms with Gasteiger partial charge >= 0.3 is 12.0 Å². The van der Waals surface area contributed by atoms with Gasteiger partial charge in [-0.1, -0.05) is 12.1 Å². The van der Waals surface area contributed by atoms with Crippen LogP contribution >= 0.6 is 0 Å². The lowest BCUT2D eigenvalue weighted by molar-refractivity contribution is -0.137. The van der Waals surface area contributed by atoms with E-state index in [1.165, 1.54) is 12.1 Å². The second kappa shape index (κ2) is 8.14. The monoisotopic (exact) mass is 282 g/mol. The average molecular weight is 282 g/mol. The van der Waals surface area contributed by atoms with Gasteiger partial charge in [0.05, 0.1) is 0 Å². The first-order valence-electron chi connectivity index (χ1n) is 6.48. The minimum absolute atomic E-state index is 0.0186. The van der Waals surface area contributed by atoms with Crippen molar-refractivity contribution in [2.24, 2.45) is 0 Å². The number of halogens is 1. The maximum Gasteiger partial charge on any atom is 0.315 e. The molecular weight excluding hydrogens is 263 g/mol. The Balaban J connectivity index is 2.21. The summed E-state index contributed by atoms with van der Waals surface area (Å²) >= 11 is 0. The molecule has 0 aliphatic heterocycles. The Morgan fingerprint density at radius 1 is 1.40 bits per heavy atom. The van der Waals surface area contributed by atoms with Gasteiger partial charge in [-0.05, 0) is 37.5 Å². The van der Waals surface area contributed by atoms with Gasteiger partial charge in [0.15, 0.2) is 0 Å². The van der Waals surface area contributed by atoms with E-state index in [2.05, 4.69) is 10.6 Å². The summed E-state index contributed by atoms with van der Waals surface area (Å²) in [4.78, 5) is 21.9. The molecule has 0 saturated carbocycles. The number of rotatable bonds is 7. The largest absolute Gasteiger partial charge is 0.481 e. The highest BCUT2D eigenvalue weighted by atomic mass is 19.1. The zero-order valence-electron chi connectivity index (χ0n) is 11.4. The van der Waals surface area contributed by atoms with E-state index in [-0.39, 0.29) is 24.3 Å². The Hall–Kier alpha value is -2.11. The molecule has 1 aromatic rings. The summed E-state index contributed by atoms with van der Waals surface area (Å²) in [5.74, 6) is -1.18. The summed E-state index contributed by atoms with van der Waals surface area (Å²) in [6, 6.07) is 5.65. The molecule has 0 heterocycles. The van der Waals surface area contributed by atoms with Gasteiger partial charge in [-0.15, -0.1) is 0 Å². The van der Waals surface area contributed by atoms with Crippen molar-refractivity contribution in [2.45, 2.75) is 32.2 Å². The van der Waals surface area contributed by atoms with Crippen LogP contribution in [0.4, 0.5) is 9.18 Å². The minimum Gasteiger partial charge on any atom is -0.481 e. The van der Waals surface area contributed by atoms with E-state index >= 15 is 0 Å². The van der Waals surface area contributed by atoms with Crippen LogP contribution in [0.1, 0.15) is 25.3 Å². The number of hydrogen-bond acceptors (Lipinski definition) is 2. The first-order valence-corrected chi connectivity index (χ1v) is 6.48. The van der Waals surface area contributed by atoms with Gasteiger partial charge in [0.25, 0.3) is 0 Å². The fourth-order valence-corrected chi connectivity index (χ4v) is 1.70. The van der Waals surface area contributed by atoms with E-state index < -0.39 is 5.97 Å². The molecule has 20 heavy (non-hydrogen) atoms. The number of carboxylic acids is 1. The molecule has 1 rings (SSSR count). The van der Waals surface area contributed by atoms with E-state index in [1.54, 1.807) is 19.1 Å². The van der Waals surface area contributed by atoms with Gasteiger partial charge in [-0.3, -0.25) is 4.79 Å². The predicted molar refractivity (Wildman–Crippen MR) is 73.0 cm³/mol. The standard InChI is InChI=1S/C14H19FN2O3/c1-10(5-6-13(18)19)17-14(20)16-8-7-11-3-2-4-12(15)9-11/h2-4,9-10H,5-8H2,1H3,(H,18,19)(H2,16,17,20). The summed E-state index contributed by atoms with van der Waals surface area (Å²) < 4.78 is 12.9. The number of carbonyl (C=O) groups excluding carboxylic acids is 1. The van der Waals surface area contributed by atoms with E-state index in [4.69, 9.17) is 5.11 Å². The number of carbonyl (C=O) groups is 2. The molecule has 0 aromatic heterocycles. The van der Waals surface area contributed by atoms with Crippen molar-refractivity contribution in [1.29, 1.82) is 0 Å². The number of benzene rings is 1. The Bertz CT molecular complexity index is 465. The fourth-order valence-electron chi connectivity index (χ4n) is 1.70. The second-order valence-corrected chi connectivity index (χ2v) is 4.61. The number of hydrogen-bond donors (Lipinski definition) is 3. The van der Waals surface area contributed by atoms with E-state index in [1.807, 2.05) is 0 Å². The van der Waals surface area contributed by atoms with Crippen LogP contribution in [0.3, 0.4) is 0 Å². The van der Waals surface area contributed by atoms with Crippen LogP contribution in [0.25, 0.3) is 0 Å². The lowest BCUT2D eigenvalue weighted by atomic mass is 10.1. The Kier molecular flexibility index (Phi) is 6.49. The zero-order chi connectivity index (χ0) is 15.0. The molecule has 6 heteroatoms. The lowest BCUT2D eigenvalue weighted by Gasteiger charge is -2.13. The predicted octanol–water partition coefficient (Wildman–Crippen LogP) is 1.92. The van der Waals surface area contributed by atoms with Gasteiger partial charge in [0.2, 0.25) is 0 Å². The highest BCUT2D eigenvalue weighted by Crippen LogP contribution is 2.03. The van der Waals surface area contributed by atoms with E-state index in [9.17, 15) is 14.0 Å². The fraction of sp³-hybridized carbons (Fsp3) is 0.429. The maximum atomic E-state index is 12.9. The van der Waals surface area contributed by atoms with Crippen LogP contribution in [-0.2, 0) is 11.2 Å². The number of amides is 2. The number of urea groups is 1. The van der Waals surface area contributed by atoms with Crippen molar-refractivity contribution in [2.75, 3.05) is 6.54 Å². The number of nitrogens with one attached hydrogen (secondary N) is 2. The van der Waals surface area contributed by atoms with Crippen molar-refractivity contribution >= 4 is 12.0 Å². The maximum absolute atomic E-state index is 12.9. The van der Waals surface area contributed by atoms with Crippen LogP contribution < -0.4 is 10.6 Å². The number of aliphatic carboxylic acids is 1. The van der Waals surface area contributed by atoms with Crippen LogP contribution in [0.15, 0.2) is 24.3 Å². The normalized spacial score (nSPS) is 11.7. The molecule has 2 amide bonds. The lowest BCUT2D eigenvalue weighted by Crippen LogP contribution is -2.41. The Labute approximate surface area is 117 Å². The molecule has 3 N–H and O–H groups in total. The average Bonchev–Trinajstić information content (AvgIpc) is 2.36. The molecular formula is C14H19FN2O3. The smallest absolute Gasteiger partial charge is 0.315 e. The van der Waals surface area contributed by atoms with E-state index in [0.29, 0.717) is 19.4 Å². The van der Waals surface area contributed by atoms with Crippen LogP contribution in [-0.4, -0.2) is 29.7 Å². The molecule has 0 aliphatic rings. The summed E-state index contributed by atoms with van der Waals surface area (Å²) in [7, 11) is 0. The molecule has 1 aromatic carbocycles. The van der Waals surface area contributed by atoms with Crippen molar-refractivity contribution in [1.82, 2.24) is 10.6 Å². The third-order valence-corrected chi connectivity index (χ3v) is 2.76. The molecule has 110 valence electrons. The van der Waals surface area contributed by atoms with Crippen LogP contribution in [0.5, 0.6) is 0 Å². The highest BCUT2D eigenvalue weighted by Gasteiger charge is 2.08. The van der Waals surface area contributed by atoms with Crippen molar-refractivity contribution in [3.05, 3.63) is 35.6 Å². The van der Waals surface area contributed by atoms with Gasteiger partial charge in [0, 0.05) is 19.0 Å². The number of carboxylic acid groups (broad SMARTS) is 1. The Morgan fingerprint density at radius 3 is 2.80 bits per heavy atom. The summed E-state index contributed by atoms with van der Waals surface area (Å²) in [5.41, 5.74) is 0.809. The highest BCUT2D eigenvalue weighted by molar-refractivity contribution is 5.74. The Morgan fingerprint density at radius 2 is 2.15 bits per heavy atom. The first kappa shape index (κ1) is 15.9. The topological polar surface area (TPSA) is 78.4 Å². The zero-order valence-corrected chi connectivity index (χ0v) is 11.4. The minimum atomic E-state index is -0.884. The molecule has 0 spiro atoms. The molecule has 0 aliphatic carbocycles. The van der Waals surface area contributed by atoms with Crippen LogP contribution in [0, 0.1) is 5.82 Å². The molecule has 1 unspecified atom stereocenters. The summed E-state index contributed by atoms with van der Waals surface area (Å²) in [6.07, 6.45) is 0.937. The molecule has 5 nitrogen and oxygen atoms in total. The van der Waals surface area contributed by atoms with Crippen LogP contribution in [0.2, 0.25) is 0 Å². The first-order chi connectivity index (χ1) is 9.47. The SMILES string of the molecule is CC(CCC(=O)O)NC(=O)NCCc1cccc(F)c1. The third kappa shape index (κ3) is 6.72. The molecule has 0 fully saturated rings. The van der Waals surface area contributed by atoms with Crippen molar-refractivity contribution < 1.29 is 19.1 Å². The molecule has 1 atom stereocenters. The van der Waals surface area contributed by atoms with Gasteiger partial charge in [0.1, 0.15) is 5.82 Å². The molecule has 0 bridgehead atoms. The third-order valence-electron chi connectivity index (χ3n) is 2.76. The van der Waals surface area contributed by atoms with Gasteiger partial charge in [-0.2, -0.15) is 0 Å². The second-order valence-electron chi connectivity index (χ2n) is 4.61. The van der Waals surface area contributed by atoms with E-state index in [0.717, 1.165) is 5.56 Å².